The smallest absolute Gasteiger partial charge is 0.268 e. The van der Waals surface area contributed by atoms with Crippen molar-refractivity contribution >= 4 is 31.6 Å². The highest BCUT2D eigenvalue weighted by Gasteiger charge is 2.21. The summed E-state index contributed by atoms with van der Waals surface area (Å²) < 4.78 is 52.9. The maximum absolute atomic E-state index is 13.1. The molecule has 0 bridgehead atoms. The number of benzene rings is 3. The summed E-state index contributed by atoms with van der Waals surface area (Å²) in [6, 6.07) is 17.1. The lowest BCUT2D eigenvalue weighted by atomic mass is 9.99. The molecule has 0 saturated carbocycles. The van der Waals surface area contributed by atoms with Crippen LogP contribution in [0.25, 0.3) is 0 Å². The van der Waals surface area contributed by atoms with Gasteiger partial charge in [-0.25, -0.2) is 34.7 Å². The molecule has 0 aliphatic heterocycles. The standard InChI is InChI=1S/C26H18N4O6S2/c31-25(21-3-1-5-23(15-21)37(33,34)29-13-11-27-17-29)19-7-9-20(10-8-19)26(32)22-4-2-6-24(16-22)38(35,36)30-14-12-28-18-30/h1-18H. The molecule has 0 unspecified atom stereocenters. The van der Waals surface area contributed by atoms with Crippen LogP contribution in [0.4, 0.5) is 0 Å². The Labute approximate surface area is 218 Å². The van der Waals surface area contributed by atoms with Gasteiger partial charge in [-0.3, -0.25) is 9.59 Å². The first-order valence-corrected chi connectivity index (χ1v) is 13.9. The minimum atomic E-state index is -3.90. The summed E-state index contributed by atoms with van der Waals surface area (Å²) in [6.45, 7) is 0. The largest absolute Gasteiger partial charge is 0.289 e. The number of rotatable bonds is 8. The number of carbonyl (C=O) groups excluding carboxylic acids is 2. The fraction of sp³-hybridized carbons (Fsp3) is 0. The minimum absolute atomic E-state index is 0.0707. The van der Waals surface area contributed by atoms with E-state index in [1.807, 2.05) is 0 Å². The molecule has 3 aromatic carbocycles. The van der Waals surface area contributed by atoms with Crippen molar-refractivity contribution < 1.29 is 26.4 Å². The highest BCUT2D eigenvalue weighted by Crippen LogP contribution is 2.20. The zero-order valence-electron chi connectivity index (χ0n) is 19.4. The number of hydrogen-bond acceptors (Lipinski definition) is 8. The highest BCUT2D eigenvalue weighted by atomic mass is 32.2. The van der Waals surface area contributed by atoms with E-state index < -0.39 is 31.6 Å². The first-order chi connectivity index (χ1) is 18.2. The van der Waals surface area contributed by atoms with Gasteiger partial charge in [-0.2, -0.15) is 0 Å². The van der Waals surface area contributed by atoms with Gasteiger partial charge in [0, 0.05) is 47.0 Å². The number of imidazole rings is 2. The summed E-state index contributed by atoms with van der Waals surface area (Å²) in [5.74, 6) is -0.861. The predicted octanol–water partition coefficient (Wildman–Crippen LogP) is 3.02. The third-order valence-electron chi connectivity index (χ3n) is 5.71. The van der Waals surface area contributed by atoms with E-state index in [0.717, 1.165) is 20.6 Å². The molecule has 0 radical (unpaired) electrons. The van der Waals surface area contributed by atoms with E-state index in [1.54, 1.807) is 0 Å². The van der Waals surface area contributed by atoms with E-state index in [1.165, 1.54) is 97.6 Å². The number of carbonyl (C=O) groups is 2. The molecule has 0 amide bonds. The van der Waals surface area contributed by atoms with Gasteiger partial charge in [-0.15, -0.1) is 0 Å². The Hall–Kier alpha value is -4.68. The summed E-state index contributed by atoms with van der Waals surface area (Å²) in [6.07, 6.45) is 7.57. The van der Waals surface area contributed by atoms with Gasteiger partial charge in [0.15, 0.2) is 11.6 Å². The van der Waals surface area contributed by atoms with Crippen LogP contribution in [0.5, 0.6) is 0 Å². The van der Waals surface area contributed by atoms with Crippen LogP contribution in [0, 0.1) is 0 Å². The molecule has 0 fully saturated rings. The fourth-order valence-electron chi connectivity index (χ4n) is 3.72. The molecule has 5 aromatic rings. The SMILES string of the molecule is O=C(c1ccc(C(=O)c2cccc(S(=O)(=O)n3ccnc3)c2)cc1)c1cccc(S(=O)(=O)n2ccnc2)c1. The second-order valence-electron chi connectivity index (χ2n) is 8.09. The Bertz CT molecular complexity index is 1720. The zero-order chi connectivity index (χ0) is 26.9. The Morgan fingerprint density at radius 3 is 1.29 bits per heavy atom. The molecule has 0 spiro atoms. The summed E-state index contributed by atoms with van der Waals surface area (Å²) in [5, 5.41) is 0. The summed E-state index contributed by atoms with van der Waals surface area (Å²) in [4.78, 5) is 33.5. The number of aromatic nitrogens is 4. The Kier molecular flexibility index (Phi) is 6.35. The molecule has 0 saturated heterocycles. The maximum atomic E-state index is 13.1. The third-order valence-corrected chi connectivity index (χ3v) is 8.95. The van der Waals surface area contributed by atoms with Crippen LogP contribution in [0.2, 0.25) is 0 Å². The predicted molar refractivity (Wildman–Crippen MR) is 136 cm³/mol. The van der Waals surface area contributed by atoms with Crippen LogP contribution in [0.1, 0.15) is 31.8 Å². The summed E-state index contributed by atoms with van der Waals surface area (Å²) in [7, 11) is -7.80. The average Bonchev–Trinajstić information content (AvgIpc) is 3.68. The van der Waals surface area contributed by atoms with Crippen molar-refractivity contribution in [2.24, 2.45) is 0 Å². The Morgan fingerprint density at radius 2 is 0.947 bits per heavy atom. The van der Waals surface area contributed by atoms with E-state index in [0.29, 0.717) is 0 Å². The van der Waals surface area contributed by atoms with Gasteiger partial charge >= 0.3 is 0 Å². The molecular weight excluding hydrogens is 528 g/mol. The molecule has 0 aliphatic rings. The van der Waals surface area contributed by atoms with Crippen LogP contribution in [0.15, 0.2) is 120 Å². The van der Waals surface area contributed by atoms with Gasteiger partial charge in [0.1, 0.15) is 12.7 Å². The first-order valence-electron chi connectivity index (χ1n) is 11.0. The quantitative estimate of drug-likeness (QED) is 0.271. The Balaban J connectivity index is 1.39. The minimum Gasteiger partial charge on any atom is -0.289 e. The van der Waals surface area contributed by atoms with E-state index in [9.17, 15) is 26.4 Å². The van der Waals surface area contributed by atoms with Crippen LogP contribution < -0.4 is 0 Å². The lowest BCUT2D eigenvalue weighted by molar-refractivity contribution is 0.102. The lowest BCUT2D eigenvalue weighted by Crippen LogP contribution is -2.12. The van der Waals surface area contributed by atoms with Crippen LogP contribution in [0.3, 0.4) is 0 Å². The zero-order valence-corrected chi connectivity index (χ0v) is 21.1. The van der Waals surface area contributed by atoms with Crippen LogP contribution in [-0.4, -0.2) is 46.3 Å². The van der Waals surface area contributed by atoms with Gasteiger partial charge in [0.05, 0.1) is 9.79 Å². The van der Waals surface area contributed by atoms with E-state index in [-0.39, 0.29) is 32.0 Å². The highest BCUT2D eigenvalue weighted by molar-refractivity contribution is 7.90. The molecule has 0 N–H and O–H groups in total. The van der Waals surface area contributed by atoms with Crippen LogP contribution in [-0.2, 0) is 20.0 Å². The van der Waals surface area contributed by atoms with E-state index in [2.05, 4.69) is 9.97 Å². The van der Waals surface area contributed by atoms with Gasteiger partial charge in [-0.05, 0) is 24.3 Å². The maximum Gasteiger partial charge on any atom is 0.268 e. The van der Waals surface area contributed by atoms with Gasteiger partial charge in [-0.1, -0.05) is 48.5 Å². The molecule has 2 heterocycles. The molecule has 38 heavy (non-hydrogen) atoms. The molecule has 5 rings (SSSR count). The van der Waals surface area contributed by atoms with Crippen molar-refractivity contribution in [3.8, 4) is 0 Å². The van der Waals surface area contributed by atoms with Gasteiger partial charge in [0.25, 0.3) is 20.0 Å². The monoisotopic (exact) mass is 546 g/mol. The molecule has 10 nitrogen and oxygen atoms in total. The second kappa shape index (κ2) is 9.65. The third kappa shape index (κ3) is 4.58. The second-order valence-corrected chi connectivity index (χ2v) is 11.8. The molecule has 0 atom stereocenters. The van der Waals surface area contributed by atoms with E-state index >= 15 is 0 Å². The summed E-state index contributed by atoms with van der Waals surface area (Å²) in [5.41, 5.74) is 0.802. The Morgan fingerprint density at radius 1 is 0.553 bits per heavy atom. The molecule has 12 heteroatoms. The lowest BCUT2D eigenvalue weighted by Gasteiger charge is -2.08. The van der Waals surface area contributed by atoms with Crippen LogP contribution >= 0.6 is 0 Å². The number of ketones is 2. The van der Waals surface area contributed by atoms with Crippen molar-refractivity contribution in [1.82, 2.24) is 17.9 Å². The topological polar surface area (TPSA) is 138 Å². The van der Waals surface area contributed by atoms with Crippen molar-refractivity contribution in [2.45, 2.75) is 9.79 Å². The fourth-order valence-corrected chi connectivity index (χ4v) is 6.05. The molecule has 0 aliphatic carbocycles. The van der Waals surface area contributed by atoms with Crippen molar-refractivity contribution in [2.75, 3.05) is 0 Å². The number of hydrogen-bond donors (Lipinski definition) is 0. The summed E-state index contributed by atoms with van der Waals surface area (Å²) >= 11 is 0. The first kappa shape index (κ1) is 25.0. The average molecular weight is 547 g/mol. The molecule has 2 aromatic heterocycles. The van der Waals surface area contributed by atoms with Gasteiger partial charge < -0.3 is 0 Å². The van der Waals surface area contributed by atoms with Crippen molar-refractivity contribution in [3.63, 3.8) is 0 Å². The van der Waals surface area contributed by atoms with E-state index in [4.69, 9.17) is 0 Å². The molecular formula is C26H18N4O6S2. The van der Waals surface area contributed by atoms with Gasteiger partial charge in [0.2, 0.25) is 0 Å². The van der Waals surface area contributed by atoms with Crippen molar-refractivity contribution in [3.05, 3.63) is 132 Å². The molecule has 190 valence electrons. The number of nitrogens with zero attached hydrogens (tertiary/aromatic N) is 4. The normalized spacial score (nSPS) is 11.8. The van der Waals surface area contributed by atoms with Crippen molar-refractivity contribution in [1.29, 1.82) is 0 Å².